The molecule has 1 atom stereocenters. The van der Waals surface area contributed by atoms with Crippen molar-refractivity contribution in [1.82, 2.24) is 0 Å². The Morgan fingerprint density at radius 2 is 2.00 bits per heavy atom. The first-order valence-electron chi connectivity index (χ1n) is 8.33. The number of hydrogen-bond donors (Lipinski definition) is 0. The quantitative estimate of drug-likeness (QED) is 0.755. The van der Waals surface area contributed by atoms with Gasteiger partial charge in [0.05, 0.1) is 17.9 Å². The Balaban J connectivity index is 2.25. The molecule has 1 aliphatic heterocycles. The van der Waals surface area contributed by atoms with E-state index < -0.39 is 6.04 Å². The standard InChI is InChI=1S/C21H19ClN2O/c1-3-8-18-21(25)24(13-4-2)19-12-11-16(22)14-17(19)20(23-18)15-9-6-5-7-10-15/h2,5-7,9-12,14,18H,3,8,13H2,1H3. The molecule has 0 bridgehead atoms. The van der Waals surface area contributed by atoms with Crippen LogP contribution in [0.5, 0.6) is 0 Å². The summed E-state index contributed by atoms with van der Waals surface area (Å²) in [6, 6.07) is 14.9. The van der Waals surface area contributed by atoms with Crippen molar-refractivity contribution in [3.8, 4) is 12.3 Å². The lowest BCUT2D eigenvalue weighted by Gasteiger charge is -2.23. The van der Waals surface area contributed by atoms with Crippen molar-refractivity contribution >= 4 is 28.9 Å². The summed E-state index contributed by atoms with van der Waals surface area (Å²) < 4.78 is 0. The van der Waals surface area contributed by atoms with E-state index in [0.29, 0.717) is 11.4 Å². The minimum absolute atomic E-state index is 0.0608. The van der Waals surface area contributed by atoms with Crippen LogP contribution in [0, 0.1) is 12.3 Å². The predicted octanol–water partition coefficient (Wildman–Crippen LogP) is 4.33. The molecule has 4 heteroatoms. The number of benzene rings is 2. The van der Waals surface area contributed by atoms with Gasteiger partial charge in [0.15, 0.2) is 0 Å². The van der Waals surface area contributed by atoms with Gasteiger partial charge in [0.1, 0.15) is 6.04 Å². The molecule has 0 aliphatic carbocycles. The highest BCUT2D eigenvalue weighted by atomic mass is 35.5. The topological polar surface area (TPSA) is 32.7 Å². The van der Waals surface area contributed by atoms with Gasteiger partial charge in [0.2, 0.25) is 0 Å². The average molecular weight is 351 g/mol. The molecule has 1 heterocycles. The zero-order chi connectivity index (χ0) is 17.8. The smallest absolute Gasteiger partial charge is 0.252 e. The number of fused-ring (bicyclic) bond motifs is 1. The van der Waals surface area contributed by atoms with Crippen molar-refractivity contribution in [3.63, 3.8) is 0 Å². The van der Waals surface area contributed by atoms with Crippen LogP contribution in [0.15, 0.2) is 53.5 Å². The highest BCUT2D eigenvalue weighted by molar-refractivity contribution is 6.32. The van der Waals surface area contributed by atoms with Crippen LogP contribution >= 0.6 is 11.6 Å². The second-order valence-electron chi connectivity index (χ2n) is 5.94. The fraction of sp³-hybridized carbons (Fsp3) is 0.238. The predicted molar refractivity (Wildman–Crippen MR) is 103 cm³/mol. The van der Waals surface area contributed by atoms with Gasteiger partial charge in [-0.15, -0.1) is 6.42 Å². The first-order valence-corrected chi connectivity index (χ1v) is 8.71. The number of benzodiazepines with no additional fused rings is 1. The molecule has 126 valence electrons. The molecule has 3 rings (SSSR count). The van der Waals surface area contributed by atoms with Gasteiger partial charge < -0.3 is 0 Å². The second-order valence-corrected chi connectivity index (χ2v) is 6.37. The summed E-state index contributed by atoms with van der Waals surface area (Å²) in [5, 5.41) is 0.601. The zero-order valence-corrected chi connectivity index (χ0v) is 14.8. The summed E-state index contributed by atoms with van der Waals surface area (Å²) in [6.45, 7) is 2.26. The van der Waals surface area contributed by atoms with E-state index in [2.05, 4.69) is 5.92 Å². The van der Waals surface area contributed by atoms with Gasteiger partial charge in [-0.25, -0.2) is 0 Å². The highest BCUT2D eigenvalue weighted by Gasteiger charge is 2.31. The van der Waals surface area contributed by atoms with Crippen molar-refractivity contribution in [2.75, 3.05) is 11.4 Å². The lowest BCUT2D eigenvalue weighted by Crippen LogP contribution is -2.38. The number of halogens is 1. The molecular weight excluding hydrogens is 332 g/mol. The molecule has 25 heavy (non-hydrogen) atoms. The molecular formula is C21H19ClN2O. The van der Waals surface area contributed by atoms with Gasteiger partial charge >= 0.3 is 0 Å². The Morgan fingerprint density at radius 3 is 2.68 bits per heavy atom. The van der Waals surface area contributed by atoms with Crippen LogP contribution in [-0.4, -0.2) is 24.2 Å². The van der Waals surface area contributed by atoms with E-state index in [-0.39, 0.29) is 12.5 Å². The Kier molecular flexibility index (Phi) is 5.21. The summed E-state index contributed by atoms with van der Waals surface area (Å²) >= 11 is 6.24. The van der Waals surface area contributed by atoms with Crippen LogP contribution in [0.3, 0.4) is 0 Å². The number of carbonyl (C=O) groups excluding carboxylic acids is 1. The van der Waals surface area contributed by atoms with E-state index in [1.807, 2.05) is 49.4 Å². The van der Waals surface area contributed by atoms with Crippen molar-refractivity contribution in [3.05, 3.63) is 64.7 Å². The number of carbonyl (C=O) groups is 1. The van der Waals surface area contributed by atoms with Gasteiger partial charge in [0.25, 0.3) is 5.91 Å². The summed E-state index contributed by atoms with van der Waals surface area (Å²) in [6.07, 6.45) is 7.06. The first kappa shape index (κ1) is 17.3. The minimum atomic E-state index is -0.445. The molecule has 0 saturated heterocycles. The first-order chi connectivity index (χ1) is 12.2. The molecule has 2 aromatic rings. The Hall–Kier alpha value is -2.57. The number of aliphatic imine (C=N–C) groups is 1. The lowest BCUT2D eigenvalue weighted by atomic mass is 10.00. The lowest BCUT2D eigenvalue weighted by molar-refractivity contribution is -0.119. The van der Waals surface area contributed by atoms with E-state index in [4.69, 9.17) is 23.0 Å². The molecule has 0 saturated carbocycles. The molecule has 2 aromatic carbocycles. The third-order valence-corrected chi connectivity index (χ3v) is 4.43. The molecule has 1 unspecified atom stereocenters. The molecule has 1 amide bonds. The molecule has 3 nitrogen and oxygen atoms in total. The van der Waals surface area contributed by atoms with Gasteiger partial charge in [-0.2, -0.15) is 0 Å². The third-order valence-electron chi connectivity index (χ3n) is 4.20. The summed E-state index contributed by atoms with van der Waals surface area (Å²) in [7, 11) is 0. The van der Waals surface area contributed by atoms with Gasteiger partial charge in [0, 0.05) is 16.1 Å². The van der Waals surface area contributed by atoms with Crippen LogP contribution in [0.2, 0.25) is 5.02 Å². The number of anilines is 1. The van der Waals surface area contributed by atoms with Crippen LogP contribution in [0.1, 0.15) is 30.9 Å². The fourth-order valence-corrected chi connectivity index (χ4v) is 3.23. The molecule has 1 aliphatic rings. The van der Waals surface area contributed by atoms with Crippen LogP contribution in [0.25, 0.3) is 0 Å². The van der Waals surface area contributed by atoms with Gasteiger partial charge in [-0.1, -0.05) is 61.2 Å². The summed E-state index contributed by atoms with van der Waals surface area (Å²) in [5.74, 6) is 2.53. The highest BCUT2D eigenvalue weighted by Crippen LogP contribution is 2.31. The third kappa shape index (κ3) is 3.45. The van der Waals surface area contributed by atoms with E-state index in [0.717, 1.165) is 28.9 Å². The maximum Gasteiger partial charge on any atom is 0.252 e. The van der Waals surface area contributed by atoms with Gasteiger partial charge in [-0.3, -0.25) is 14.7 Å². The molecule has 0 fully saturated rings. The van der Waals surface area contributed by atoms with Crippen molar-refractivity contribution in [2.45, 2.75) is 25.8 Å². The normalized spacial score (nSPS) is 16.7. The maximum absolute atomic E-state index is 13.0. The Morgan fingerprint density at radius 1 is 1.24 bits per heavy atom. The molecule has 0 N–H and O–H groups in total. The number of rotatable bonds is 4. The largest absolute Gasteiger partial charge is 0.298 e. The van der Waals surface area contributed by atoms with Crippen LogP contribution < -0.4 is 4.90 Å². The minimum Gasteiger partial charge on any atom is -0.298 e. The maximum atomic E-state index is 13.0. The number of amides is 1. The summed E-state index contributed by atoms with van der Waals surface area (Å²) in [5.41, 5.74) is 3.33. The van der Waals surface area contributed by atoms with Gasteiger partial charge in [-0.05, 0) is 24.6 Å². The Bertz CT molecular complexity index is 852. The van der Waals surface area contributed by atoms with Crippen LogP contribution in [0.4, 0.5) is 5.69 Å². The monoisotopic (exact) mass is 350 g/mol. The van der Waals surface area contributed by atoms with E-state index in [1.54, 1.807) is 11.0 Å². The van der Waals surface area contributed by atoms with Crippen molar-refractivity contribution in [2.24, 2.45) is 4.99 Å². The van der Waals surface area contributed by atoms with Crippen molar-refractivity contribution < 1.29 is 4.79 Å². The van der Waals surface area contributed by atoms with E-state index in [9.17, 15) is 4.79 Å². The van der Waals surface area contributed by atoms with Crippen molar-refractivity contribution in [1.29, 1.82) is 0 Å². The SMILES string of the molecule is C#CCN1C(=O)C(CCC)N=C(c2ccccc2)c2cc(Cl)ccc21. The van der Waals surface area contributed by atoms with E-state index in [1.165, 1.54) is 0 Å². The Labute approximate surface area is 153 Å². The fourth-order valence-electron chi connectivity index (χ4n) is 3.05. The second kappa shape index (κ2) is 7.55. The number of terminal acetylenes is 1. The number of nitrogens with zero attached hydrogens (tertiary/aromatic N) is 2. The molecule has 0 spiro atoms. The average Bonchev–Trinajstić information content (AvgIpc) is 2.73. The zero-order valence-electron chi connectivity index (χ0n) is 14.1. The molecule has 0 aromatic heterocycles. The summed E-state index contributed by atoms with van der Waals surface area (Å²) in [4.78, 5) is 19.5. The van der Waals surface area contributed by atoms with Crippen LogP contribution in [-0.2, 0) is 4.79 Å². The van der Waals surface area contributed by atoms with E-state index >= 15 is 0 Å². The number of hydrogen-bond acceptors (Lipinski definition) is 2. The molecule has 0 radical (unpaired) electrons.